The Bertz CT molecular complexity index is 701. The molecule has 2 saturated heterocycles. The molecule has 5 nitrogen and oxygen atoms in total. The van der Waals surface area contributed by atoms with Gasteiger partial charge in [-0.05, 0) is 50.7 Å². The van der Waals surface area contributed by atoms with Crippen molar-refractivity contribution in [1.29, 1.82) is 0 Å². The minimum absolute atomic E-state index is 0. The van der Waals surface area contributed by atoms with Gasteiger partial charge in [0.15, 0.2) is 0 Å². The minimum atomic E-state index is -0.852. The van der Waals surface area contributed by atoms with Crippen molar-refractivity contribution in [2.45, 2.75) is 38.6 Å². The molecule has 1 aromatic rings. The number of nitrogens with two attached hydrogens (primary N) is 1. The number of likely N-dealkylation sites (tertiary alicyclic amines) is 2. The van der Waals surface area contributed by atoms with Crippen LogP contribution in [0, 0.1) is 23.5 Å². The molecule has 0 aromatic heterocycles. The molecular weight excluding hydrogens is 388 g/mol. The Labute approximate surface area is 170 Å². The molecule has 8 heteroatoms. The number of hydrogen-bond acceptors (Lipinski definition) is 3. The van der Waals surface area contributed by atoms with Crippen LogP contribution in [-0.4, -0.2) is 53.8 Å². The van der Waals surface area contributed by atoms with Gasteiger partial charge in [-0.15, -0.1) is 12.4 Å². The van der Waals surface area contributed by atoms with Crippen LogP contribution >= 0.6 is 12.4 Å². The Morgan fingerprint density at radius 1 is 1.04 bits per heavy atom. The van der Waals surface area contributed by atoms with E-state index in [0.717, 1.165) is 38.1 Å². The van der Waals surface area contributed by atoms with E-state index >= 15 is 0 Å². The van der Waals surface area contributed by atoms with E-state index in [9.17, 15) is 18.4 Å². The van der Waals surface area contributed by atoms with Gasteiger partial charge in [0.25, 0.3) is 5.91 Å². The summed E-state index contributed by atoms with van der Waals surface area (Å²) in [5.74, 6) is -1.48. The maximum atomic E-state index is 13.8. The lowest BCUT2D eigenvalue weighted by atomic mass is 9.89. The Morgan fingerprint density at radius 2 is 1.61 bits per heavy atom. The zero-order valence-electron chi connectivity index (χ0n) is 16.1. The smallest absolute Gasteiger partial charge is 0.256 e. The predicted octanol–water partition coefficient (Wildman–Crippen LogP) is 2.82. The zero-order valence-corrected chi connectivity index (χ0v) is 16.9. The van der Waals surface area contributed by atoms with E-state index in [1.807, 2.05) is 11.8 Å². The molecule has 2 aliphatic heterocycles. The fourth-order valence-corrected chi connectivity index (χ4v) is 4.07. The molecule has 0 aliphatic carbocycles. The van der Waals surface area contributed by atoms with Gasteiger partial charge in [0, 0.05) is 44.2 Å². The van der Waals surface area contributed by atoms with E-state index in [2.05, 4.69) is 0 Å². The summed E-state index contributed by atoms with van der Waals surface area (Å²) in [5, 5.41) is 0. The molecule has 2 N–H and O–H groups in total. The van der Waals surface area contributed by atoms with Crippen LogP contribution < -0.4 is 5.73 Å². The first-order valence-corrected chi connectivity index (χ1v) is 9.65. The number of carbonyl (C=O) groups is 2. The highest BCUT2D eigenvalue weighted by atomic mass is 35.5. The van der Waals surface area contributed by atoms with Gasteiger partial charge in [-0.3, -0.25) is 9.59 Å². The van der Waals surface area contributed by atoms with Crippen LogP contribution in [-0.2, 0) is 4.79 Å². The van der Waals surface area contributed by atoms with Crippen molar-refractivity contribution < 1.29 is 18.4 Å². The lowest BCUT2D eigenvalue weighted by molar-refractivity contribution is -0.138. The van der Waals surface area contributed by atoms with Crippen LogP contribution in [0.25, 0.3) is 0 Å². The average molecular weight is 416 g/mol. The predicted molar refractivity (Wildman–Crippen MR) is 105 cm³/mol. The summed E-state index contributed by atoms with van der Waals surface area (Å²) in [7, 11) is 0. The van der Waals surface area contributed by atoms with Gasteiger partial charge in [0.2, 0.25) is 5.91 Å². The molecular formula is C20H28ClF2N3O2. The number of piperidine rings is 2. The monoisotopic (exact) mass is 415 g/mol. The number of hydrogen-bond donors (Lipinski definition) is 1. The average Bonchev–Trinajstić information content (AvgIpc) is 2.67. The minimum Gasteiger partial charge on any atom is -0.342 e. The van der Waals surface area contributed by atoms with E-state index in [1.165, 1.54) is 6.07 Å². The number of nitrogens with zero attached hydrogens (tertiary/aromatic N) is 2. The summed E-state index contributed by atoms with van der Waals surface area (Å²) in [6.45, 7) is 4.31. The fraction of sp³-hybridized carbons (Fsp3) is 0.600. The van der Waals surface area contributed by atoms with Gasteiger partial charge in [0.1, 0.15) is 11.6 Å². The van der Waals surface area contributed by atoms with Gasteiger partial charge in [0.05, 0.1) is 5.56 Å². The molecule has 28 heavy (non-hydrogen) atoms. The molecule has 1 aromatic carbocycles. The highest BCUT2D eigenvalue weighted by Gasteiger charge is 2.33. The molecule has 0 bridgehead atoms. The summed E-state index contributed by atoms with van der Waals surface area (Å²) in [6.07, 6.45) is 3.01. The second kappa shape index (κ2) is 9.65. The molecule has 0 spiro atoms. The fourth-order valence-electron chi connectivity index (χ4n) is 4.07. The lowest BCUT2D eigenvalue weighted by Gasteiger charge is -2.38. The SMILES string of the molecule is CC(N)C1CCN(C(=O)C2CCN(C(=O)c3ccc(F)cc3F)CC2)CC1.Cl. The van der Waals surface area contributed by atoms with Crippen LogP contribution in [0.3, 0.4) is 0 Å². The van der Waals surface area contributed by atoms with Gasteiger partial charge in [-0.1, -0.05) is 0 Å². The Morgan fingerprint density at radius 3 is 2.14 bits per heavy atom. The molecule has 0 radical (unpaired) electrons. The van der Waals surface area contributed by atoms with Crippen LogP contribution in [0.2, 0.25) is 0 Å². The van der Waals surface area contributed by atoms with Crippen LogP contribution in [0.1, 0.15) is 43.0 Å². The molecule has 1 atom stereocenters. The van der Waals surface area contributed by atoms with Crippen molar-refractivity contribution >= 4 is 24.2 Å². The summed E-state index contributed by atoms with van der Waals surface area (Å²) >= 11 is 0. The summed E-state index contributed by atoms with van der Waals surface area (Å²) in [5.41, 5.74) is 5.83. The molecule has 2 fully saturated rings. The first-order valence-electron chi connectivity index (χ1n) is 9.65. The molecule has 2 aliphatic rings. The van der Waals surface area contributed by atoms with E-state index in [1.54, 1.807) is 4.90 Å². The van der Waals surface area contributed by atoms with E-state index in [4.69, 9.17) is 5.73 Å². The van der Waals surface area contributed by atoms with Crippen molar-refractivity contribution in [3.05, 3.63) is 35.4 Å². The molecule has 1 unspecified atom stereocenters. The van der Waals surface area contributed by atoms with Crippen LogP contribution in [0.4, 0.5) is 8.78 Å². The summed E-state index contributed by atoms with van der Waals surface area (Å²) in [6, 6.07) is 3.13. The number of carbonyl (C=O) groups excluding carboxylic acids is 2. The van der Waals surface area contributed by atoms with Crippen LogP contribution in [0.5, 0.6) is 0 Å². The standard InChI is InChI=1S/C20H27F2N3O2.ClH/c1-13(23)14-4-8-24(9-5-14)19(26)15-6-10-25(11-7-15)20(27)17-3-2-16(21)12-18(17)22;/h2-3,12-15H,4-11,23H2,1H3;1H. The second-order valence-corrected chi connectivity index (χ2v) is 7.71. The number of rotatable bonds is 3. The number of benzene rings is 1. The highest BCUT2D eigenvalue weighted by Crippen LogP contribution is 2.26. The second-order valence-electron chi connectivity index (χ2n) is 7.71. The maximum absolute atomic E-state index is 13.8. The topological polar surface area (TPSA) is 66.6 Å². The van der Waals surface area contributed by atoms with Gasteiger partial charge < -0.3 is 15.5 Å². The van der Waals surface area contributed by atoms with Crippen molar-refractivity contribution in [2.75, 3.05) is 26.2 Å². The van der Waals surface area contributed by atoms with Gasteiger partial charge >= 0.3 is 0 Å². The third-order valence-corrected chi connectivity index (χ3v) is 5.89. The Kier molecular flexibility index (Phi) is 7.78. The molecule has 2 heterocycles. The van der Waals surface area contributed by atoms with E-state index in [-0.39, 0.29) is 35.8 Å². The largest absolute Gasteiger partial charge is 0.342 e. The Balaban J connectivity index is 0.00000280. The Hall–Kier alpha value is -1.73. The van der Waals surface area contributed by atoms with E-state index in [0.29, 0.717) is 31.8 Å². The summed E-state index contributed by atoms with van der Waals surface area (Å²) in [4.78, 5) is 28.7. The third kappa shape index (κ3) is 5.00. The number of amides is 2. The molecule has 2 amide bonds. The maximum Gasteiger partial charge on any atom is 0.256 e. The lowest BCUT2D eigenvalue weighted by Crippen LogP contribution is -2.48. The quantitative estimate of drug-likeness (QED) is 0.825. The highest BCUT2D eigenvalue weighted by molar-refractivity contribution is 5.94. The van der Waals surface area contributed by atoms with Crippen LogP contribution in [0.15, 0.2) is 18.2 Å². The normalized spacial score (nSPS) is 19.9. The van der Waals surface area contributed by atoms with Crippen molar-refractivity contribution in [1.82, 2.24) is 9.80 Å². The zero-order chi connectivity index (χ0) is 19.6. The molecule has 156 valence electrons. The first-order chi connectivity index (χ1) is 12.9. The van der Waals surface area contributed by atoms with Crippen molar-refractivity contribution in [3.8, 4) is 0 Å². The van der Waals surface area contributed by atoms with Gasteiger partial charge in [-0.2, -0.15) is 0 Å². The number of halogens is 3. The molecule has 0 saturated carbocycles. The van der Waals surface area contributed by atoms with Crippen molar-refractivity contribution in [3.63, 3.8) is 0 Å². The van der Waals surface area contributed by atoms with Gasteiger partial charge in [-0.25, -0.2) is 8.78 Å². The summed E-state index contributed by atoms with van der Waals surface area (Å²) < 4.78 is 26.9. The first kappa shape index (κ1) is 22.6. The third-order valence-electron chi connectivity index (χ3n) is 5.89. The van der Waals surface area contributed by atoms with E-state index < -0.39 is 17.5 Å². The van der Waals surface area contributed by atoms with Crippen molar-refractivity contribution in [2.24, 2.45) is 17.6 Å². The molecule has 3 rings (SSSR count).